The molecule has 0 fully saturated rings. The molecule has 238 valence electrons. The van der Waals surface area contributed by atoms with E-state index in [1.165, 1.54) is 0 Å². The van der Waals surface area contributed by atoms with Crippen LogP contribution in [0.15, 0.2) is 24.3 Å². The van der Waals surface area contributed by atoms with Crippen LogP contribution in [0.1, 0.15) is 87.0 Å². The monoisotopic (exact) mass is 591 g/mol. The summed E-state index contributed by atoms with van der Waals surface area (Å²) in [5, 5.41) is 17.0. The molecule has 2 rings (SSSR count). The Balaban J connectivity index is 2.18. The molecule has 0 spiro atoms. The molecule has 0 radical (unpaired) electrons. The van der Waals surface area contributed by atoms with E-state index in [1.807, 2.05) is 38.1 Å². The molecular weight excluding hydrogens is 538 g/mol. The van der Waals surface area contributed by atoms with Crippen molar-refractivity contribution < 1.29 is 33.7 Å². The fraction of sp³-hybridized carbons (Fsp3) is 0.719. The largest absolute Gasteiger partial charge is 0.486 e. The lowest BCUT2D eigenvalue weighted by atomic mass is 9.79. The first-order valence-electron chi connectivity index (χ1n) is 15.2. The lowest BCUT2D eigenvalue weighted by Gasteiger charge is -2.38. The van der Waals surface area contributed by atoms with Gasteiger partial charge in [0.25, 0.3) is 0 Å². The molecule has 4 atom stereocenters. The van der Waals surface area contributed by atoms with Crippen LogP contribution < -0.4 is 20.3 Å². The van der Waals surface area contributed by atoms with Crippen molar-refractivity contribution in [2.45, 2.75) is 111 Å². The fourth-order valence-corrected chi connectivity index (χ4v) is 5.04. The van der Waals surface area contributed by atoms with Crippen molar-refractivity contribution in [1.29, 1.82) is 0 Å². The minimum absolute atomic E-state index is 0.0765. The van der Waals surface area contributed by atoms with Crippen molar-refractivity contribution in [3.8, 4) is 5.75 Å². The summed E-state index contributed by atoms with van der Waals surface area (Å²) in [6, 6.07) is 6.75. The predicted octanol–water partition coefficient (Wildman–Crippen LogP) is 4.82. The lowest BCUT2D eigenvalue weighted by molar-refractivity contribution is -0.125. The SMILES string of the molecule is CCCCNC(=O)[C@H](C)C[C@H](O)[C@H](CC(C)(C)CC(=O)N1CC(CCOC)Oc2ccccc21)NC(=O)OC(C)(C)C. The van der Waals surface area contributed by atoms with Gasteiger partial charge in [-0.05, 0) is 57.6 Å². The Labute approximate surface area is 251 Å². The second-order valence-electron chi connectivity index (χ2n) is 13.1. The van der Waals surface area contributed by atoms with E-state index in [2.05, 4.69) is 17.6 Å². The molecule has 1 aromatic rings. The van der Waals surface area contributed by atoms with Crippen molar-refractivity contribution >= 4 is 23.6 Å². The summed E-state index contributed by atoms with van der Waals surface area (Å²) in [5.41, 5.74) is -0.612. The summed E-state index contributed by atoms with van der Waals surface area (Å²) in [5.74, 6) is -0.0187. The summed E-state index contributed by atoms with van der Waals surface area (Å²) < 4.78 is 16.8. The third kappa shape index (κ3) is 11.8. The summed E-state index contributed by atoms with van der Waals surface area (Å²) in [6.45, 7) is 14.5. The van der Waals surface area contributed by atoms with Crippen molar-refractivity contribution in [2.24, 2.45) is 11.3 Å². The minimum atomic E-state index is -1.03. The molecule has 0 aromatic heterocycles. The van der Waals surface area contributed by atoms with Gasteiger partial charge in [0, 0.05) is 39.0 Å². The maximum Gasteiger partial charge on any atom is 0.407 e. The number of nitrogens with zero attached hydrogens (tertiary/aromatic N) is 1. The molecule has 3 amide bonds. The van der Waals surface area contributed by atoms with Crippen LogP contribution in [0.4, 0.5) is 10.5 Å². The van der Waals surface area contributed by atoms with Gasteiger partial charge in [-0.2, -0.15) is 0 Å². The van der Waals surface area contributed by atoms with Gasteiger partial charge in [-0.25, -0.2) is 4.79 Å². The highest BCUT2D eigenvalue weighted by Crippen LogP contribution is 2.37. The van der Waals surface area contributed by atoms with E-state index in [9.17, 15) is 19.5 Å². The van der Waals surface area contributed by atoms with Crippen LogP contribution in [0.2, 0.25) is 0 Å². The minimum Gasteiger partial charge on any atom is -0.486 e. The Hall–Kier alpha value is -2.85. The number of hydrogen-bond donors (Lipinski definition) is 3. The Morgan fingerprint density at radius 3 is 2.50 bits per heavy atom. The molecule has 1 aromatic carbocycles. The molecule has 0 saturated heterocycles. The number of fused-ring (bicyclic) bond motifs is 1. The molecule has 1 aliphatic heterocycles. The van der Waals surface area contributed by atoms with Crippen LogP contribution in [0.3, 0.4) is 0 Å². The first kappa shape index (κ1) is 35.3. The molecule has 0 bridgehead atoms. The number of aliphatic hydroxyl groups excluding tert-OH is 1. The number of carbonyl (C=O) groups excluding carboxylic acids is 3. The first-order chi connectivity index (χ1) is 19.7. The highest BCUT2D eigenvalue weighted by molar-refractivity contribution is 5.95. The topological polar surface area (TPSA) is 126 Å². The molecule has 42 heavy (non-hydrogen) atoms. The number of methoxy groups -OCH3 is 1. The number of alkyl carbamates (subject to hydrolysis) is 1. The van der Waals surface area contributed by atoms with Gasteiger partial charge in [-0.3, -0.25) is 9.59 Å². The Morgan fingerprint density at radius 1 is 1.17 bits per heavy atom. The summed E-state index contributed by atoms with van der Waals surface area (Å²) in [4.78, 5) is 40.9. The van der Waals surface area contributed by atoms with E-state index in [1.54, 1.807) is 39.7 Å². The summed E-state index contributed by atoms with van der Waals surface area (Å²) in [7, 11) is 1.64. The number of para-hydroxylation sites is 2. The first-order valence-corrected chi connectivity index (χ1v) is 15.2. The Bertz CT molecular complexity index is 1020. The van der Waals surface area contributed by atoms with E-state index >= 15 is 0 Å². The zero-order chi connectivity index (χ0) is 31.5. The van der Waals surface area contributed by atoms with E-state index < -0.39 is 35.2 Å². The van der Waals surface area contributed by atoms with Crippen LogP contribution >= 0.6 is 0 Å². The molecule has 1 unspecified atom stereocenters. The van der Waals surface area contributed by atoms with Crippen molar-refractivity contribution in [2.75, 3.05) is 31.7 Å². The van der Waals surface area contributed by atoms with E-state index in [-0.39, 0.29) is 30.8 Å². The second kappa shape index (κ2) is 16.1. The van der Waals surface area contributed by atoms with Crippen LogP contribution in [0.25, 0.3) is 0 Å². The number of amides is 3. The van der Waals surface area contributed by atoms with Gasteiger partial charge in [-0.1, -0.05) is 46.2 Å². The maximum absolute atomic E-state index is 13.8. The van der Waals surface area contributed by atoms with Crippen molar-refractivity contribution in [3.05, 3.63) is 24.3 Å². The van der Waals surface area contributed by atoms with Gasteiger partial charge in [0.1, 0.15) is 17.5 Å². The molecule has 0 saturated carbocycles. The molecule has 1 heterocycles. The van der Waals surface area contributed by atoms with Gasteiger partial charge < -0.3 is 34.9 Å². The Kier molecular flexibility index (Phi) is 13.6. The zero-order valence-corrected chi connectivity index (χ0v) is 26.8. The van der Waals surface area contributed by atoms with E-state index in [0.29, 0.717) is 38.3 Å². The molecule has 10 nitrogen and oxygen atoms in total. The predicted molar refractivity (Wildman–Crippen MR) is 164 cm³/mol. The number of benzene rings is 1. The normalized spacial score (nSPS) is 17.4. The molecule has 1 aliphatic rings. The third-order valence-corrected chi connectivity index (χ3v) is 7.22. The van der Waals surface area contributed by atoms with Gasteiger partial charge in [0.15, 0.2) is 0 Å². The highest BCUT2D eigenvalue weighted by atomic mass is 16.6. The average molecular weight is 592 g/mol. The quantitative estimate of drug-likeness (QED) is 0.250. The fourth-order valence-electron chi connectivity index (χ4n) is 5.04. The number of hydrogen-bond acceptors (Lipinski definition) is 7. The highest BCUT2D eigenvalue weighted by Gasteiger charge is 2.36. The van der Waals surface area contributed by atoms with Crippen LogP contribution in [-0.2, 0) is 19.1 Å². The number of nitrogens with one attached hydrogen (secondary N) is 2. The Morgan fingerprint density at radius 2 is 1.86 bits per heavy atom. The van der Waals surface area contributed by atoms with Gasteiger partial charge >= 0.3 is 6.09 Å². The standard InChI is InChI=1S/C32H53N3O7/c1-9-10-16-33-29(38)22(2)18-26(36)24(34-30(39)42-31(3,4)5)19-32(6,7)20-28(37)35-21-23(15-17-40-8)41-27-14-12-11-13-25(27)35/h11-14,22-24,26,36H,9-10,15-21H2,1-8H3,(H,33,38)(H,34,39)/t22-,23?,24+,26+/m1/s1. The number of ether oxygens (including phenoxy) is 3. The van der Waals surface area contributed by atoms with Crippen LogP contribution in [0, 0.1) is 11.3 Å². The number of anilines is 1. The number of unbranched alkanes of at least 4 members (excludes halogenated alkanes) is 1. The van der Waals surface area contributed by atoms with E-state index in [0.717, 1.165) is 18.5 Å². The van der Waals surface area contributed by atoms with Crippen LogP contribution in [-0.4, -0.2) is 73.7 Å². The number of rotatable bonds is 15. The maximum atomic E-state index is 13.8. The van der Waals surface area contributed by atoms with Crippen LogP contribution in [0.5, 0.6) is 5.75 Å². The zero-order valence-electron chi connectivity index (χ0n) is 26.8. The van der Waals surface area contributed by atoms with E-state index in [4.69, 9.17) is 14.2 Å². The van der Waals surface area contributed by atoms with Crippen molar-refractivity contribution in [3.63, 3.8) is 0 Å². The second-order valence-corrected chi connectivity index (χ2v) is 13.1. The number of carbonyl (C=O) groups is 3. The van der Waals surface area contributed by atoms with Gasteiger partial charge in [0.05, 0.1) is 24.4 Å². The third-order valence-electron chi connectivity index (χ3n) is 7.22. The van der Waals surface area contributed by atoms with Gasteiger partial charge in [-0.15, -0.1) is 0 Å². The summed E-state index contributed by atoms with van der Waals surface area (Å²) >= 11 is 0. The molecule has 10 heteroatoms. The smallest absolute Gasteiger partial charge is 0.407 e. The lowest BCUT2D eigenvalue weighted by Crippen LogP contribution is -2.49. The average Bonchev–Trinajstić information content (AvgIpc) is 2.89. The molecular formula is C32H53N3O7. The molecule has 3 N–H and O–H groups in total. The summed E-state index contributed by atoms with van der Waals surface area (Å²) in [6.07, 6.45) is 1.24. The number of aliphatic hydroxyl groups is 1. The van der Waals surface area contributed by atoms with Gasteiger partial charge in [0.2, 0.25) is 11.8 Å². The van der Waals surface area contributed by atoms with Crippen molar-refractivity contribution in [1.82, 2.24) is 10.6 Å². The molecule has 0 aliphatic carbocycles.